The third-order valence-electron chi connectivity index (χ3n) is 4.38. The van der Waals surface area contributed by atoms with Crippen LogP contribution in [0.15, 0.2) is 0 Å². The van der Waals surface area contributed by atoms with Gasteiger partial charge in [0.1, 0.15) is 18.1 Å². The number of rotatable bonds is 13. The van der Waals surface area contributed by atoms with E-state index < -0.39 is 60.4 Å². The van der Waals surface area contributed by atoms with E-state index in [0.717, 1.165) is 0 Å². The highest BCUT2D eigenvalue weighted by Crippen LogP contribution is 2.06. The monoisotopic (exact) mass is 431 g/mol. The molecule has 0 fully saturated rings. The minimum atomic E-state index is -1.47. The lowest BCUT2D eigenvalue weighted by atomic mass is 10.00. The van der Waals surface area contributed by atoms with Gasteiger partial charge in [-0.2, -0.15) is 0 Å². The molecule has 0 aliphatic rings. The van der Waals surface area contributed by atoms with Crippen molar-refractivity contribution in [2.75, 3.05) is 6.61 Å². The van der Waals surface area contributed by atoms with E-state index in [9.17, 15) is 29.1 Å². The molecule has 0 aromatic heterocycles. The van der Waals surface area contributed by atoms with E-state index in [1.165, 1.54) is 0 Å². The maximum Gasteiger partial charge on any atom is 0.326 e. The van der Waals surface area contributed by atoms with Crippen molar-refractivity contribution in [3.8, 4) is 0 Å². The SMILES string of the molecule is CC(C)C(N)C(=O)NC(C(=O)NC(CO)C(=O)NC(CCC(N)=O)C(=O)O)C(C)C. The first-order valence-corrected chi connectivity index (χ1v) is 9.60. The van der Waals surface area contributed by atoms with Crippen LogP contribution in [0.25, 0.3) is 0 Å². The van der Waals surface area contributed by atoms with Crippen LogP contribution in [0.5, 0.6) is 0 Å². The van der Waals surface area contributed by atoms with Crippen LogP contribution in [0.2, 0.25) is 0 Å². The summed E-state index contributed by atoms with van der Waals surface area (Å²) >= 11 is 0. The van der Waals surface area contributed by atoms with E-state index >= 15 is 0 Å². The summed E-state index contributed by atoms with van der Waals surface area (Å²) in [7, 11) is 0. The number of aliphatic carboxylic acids is 1. The van der Waals surface area contributed by atoms with Gasteiger partial charge in [-0.15, -0.1) is 0 Å². The molecule has 0 spiro atoms. The van der Waals surface area contributed by atoms with Gasteiger partial charge >= 0.3 is 5.97 Å². The molecule has 0 aromatic carbocycles. The van der Waals surface area contributed by atoms with Crippen molar-refractivity contribution in [3.05, 3.63) is 0 Å². The Kier molecular flexibility index (Phi) is 11.6. The van der Waals surface area contributed by atoms with Crippen molar-refractivity contribution in [1.82, 2.24) is 16.0 Å². The second kappa shape index (κ2) is 12.8. The molecular formula is C18H33N5O7. The molecule has 0 heterocycles. The van der Waals surface area contributed by atoms with Crippen LogP contribution in [-0.4, -0.2) is 70.6 Å². The molecule has 0 aliphatic heterocycles. The fourth-order valence-corrected chi connectivity index (χ4v) is 2.36. The number of hydrogen-bond donors (Lipinski definition) is 7. The van der Waals surface area contributed by atoms with Crippen LogP contribution in [0, 0.1) is 11.8 Å². The van der Waals surface area contributed by atoms with Crippen LogP contribution in [0.4, 0.5) is 0 Å². The molecule has 12 heteroatoms. The molecule has 172 valence electrons. The Hall–Kier alpha value is -2.73. The summed E-state index contributed by atoms with van der Waals surface area (Å²) in [5.74, 6) is -4.91. The summed E-state index contributed by atoms with van der Waals surface area (Å²) in [6, 6.07) is -4.77. The molecule has 0 bridgehead atoms. The van der Waals surface area contributed by atoms with E-state index in [1.807, 2.05) is 0 Å². The van der Waals surface area contributed by atoms with Gasteiger partial charge in [-0.05, 0) is 18.3 Å². The number of carbonyl (C=O) groups excluding carboxylic acids is 4. The zero-order valence-corrected chi connectivity index (χ0v) is 17.7. The number of carboxylic acid groups (broad SMARTS) is 1. The van der Waals surface area contributed by atoms with Crippen molar-refractivity contribution in [2.24, 2.45) is 23.3 Å². The zero-order chi connectivity index (χ0) is 23.6. The second-order valence-electron chi connectivity index (χ2n) is 7.65. The van der Waals surface area contributed by atoms with Crippen LogP contribution in [0.3, 0.4) is 0 Å². The summed E-state index contributed by atoms with van der Waals surface area (Å²) in [6.07, 6.45) is -0.523. The first kappa shape index (κ1) is 27.3. The topological polar surface area (TPSA) is 214 Å². The molecule has 4 amide bonds. The Morgan fingerprint density at radius 1 is 0.833 bits per heavy atom. The summed E-state index contributed by atoms with van der Waals surface area (Å²) in [5.41, 5.74) is 10.8. The summed E-state index contributed by atoms with van der Waals surface area (Å²) in [5, 5.41) is 25.6. The minimum Gasteiger partial charge on any atom is -0.480 e. The minimum absolute atomic E-state index is 0.162. The lowest BCUT2D eigenvalue weighted by Crippen LogP contribution is -2.59. The van der Waals surface area contributed by atoms with Crippen molar-refractivity contribution in [3.63, 3.8) is 0 Å². The van der Waals surface area contributed by atoms with Gasteiger partial charge < -0.3 is 37.6 Å². The highest BCUT2D eigenvalue weighted by molar-refractivity contribution is 5.94. The molecular weight excluding hydrogens is 398 g/mol. The normalized spacial score (nSPS) is 15.1. The number of nitrogens with one attached hydrogen (secondary N) is 3. The smallest absolute Gasteiger partial charge is 0.326 e. The first-order valence-electron chi connectivity index (χ1n) is 9.60. The number of aliphatic hydroxyl groups is 1. The van der Waals surface area contributed by atoms with Gasteiger partial charge in [0.05, 0.1) is 12.6 Å². The number of nitrogens with two attached hydrogens (primary N) is 2. The van der Waals surface area contributed by atoms with Crippen LogP contribution < -0.4 is 27.4 Å². The predicted octanol–water partition coefficient (Wildman–Crippen LogP) is -2.58. The summed E-state index contributed by atoms with van der Waals surface area (Å²) < 4.78 is 0. The average molecular weight is 431 g/mol. The lowest BCUT2D eigenvalue weighted by molar-refractivity contribution is -0.143. The lowest BCUT2D eigenvalue weighted by Gasteiger charge is -2.26. The van der Waals surface area contributed by atoms with Crippen molar-refractivity contribution >= 4 is 29.6 Å². The fraction of sp³-hybridized carbons (Fsp3) is 0.722. The largest absolute Gasteiger partial charge is 0.480 e. The van der Waals surface area contributed by atoms with E-state index in [2.05, 4.69) is 16.0 Å². The van der Waals surface area contributed by atoms with E-state index in [-0.39, 0.29) is 24.7 Å². The Labute approximate surface area is 175 Å². The second-order valence-corrected chi connectivity index (χ2v) is 7.65. The van der Waals surface area contributed by atoms with Gasteiger partial charge in [-0.25, -0.2) is 4.79 Å². The maximum absolute atomic E-state index is 12.6. The van der Waals surface area contributed by atoms with Crippen molar-refractivity contribution in [2.45, 2.75) is 64.7 Å². The van der Waals surface area contributed by atoms with Crippen molar-refractivity contribution in [1.29, 1.82) is 0 Å². The number of primary amides is 1. The highest BCUT2D eigenvalue weighted by atomic mass is 16.4. The average Bonchev–Trinajstić information content (AvgIpc) is 2.65. The van der Waals surface area contributed by atoms with Gasteiger partial charge in [0, 0.05) is 6.42 Å². The van der Waals surface area contributed by atoms with Gasteiger partial charge in [-0.1, -0.05) is 27.7 Å². The zero-order valence-electron chi connectivity index (χ0n) is 17.7. The summed E-state index contributed by atoms with van der Waals surface area (Å²) in [4.78, 5) is 59.2. The molecule has 0 rings (SSSR count). The number of carbonyl (C=O) groups is 5. The Morgan fingerprint density at radius 3 is 1.77 bits per heavy atom. The number of carboxylic acids is 1. The Balaban J connectivity index is 5.17. The number of amides is 4. The van der Waals surface area contributed by atoms with Gasteiger partial charge in [0.25, 0.3) is 0 Å². The Bertz CT molecular complexity index is 638. The standard InChI is InChI=1S/C18H33N5O7/c1-8(2)13(20)16(27)23-14(9(3)4)17(28)22-11(7-24)15(26)21-10(18(29)30)5-6-12(19)25/h8-11,13-14,24H,5-7,20H2,1-4H3,(H2,19,25)(H,21,26)(H,22,28)(H,23,27)(H,29,30). The van der Waals surface area contributed by atoms with Gasteiger partial charge in [0.15, 0.2) is 0 Å². The predicted molar refractivity (Wildman–Crippen MR) is 107 cm³/mol. The molecule has 4 atom stereocenters. The number of hydrogen-bond acceptors (Lipinski definition) is 7. The molecule has 9 N–H and O–H groups in total. The maximum atomic E-state index is 12.6. The van der Waals surface area contributed by atoms with E-state index in [1.54, 1.807) is 27.7 Å². The Morgan fingerprint density at radius 2 is 1.37 bits per heavy atom. The quantitative estimate of drug-likeness (QED) is 0.164. The fourth-order valence-electron chi connectivity index (χ4n) is 2.36. The molecule has 0 saturated carbocycles. The van der Waals surface area contributed by atoms with E-state index in [0.29, 0.717) is 0 Å². The third-order valence-corrected chi connectivity index (χ3v) is 4.38. The van der Waals surface area contributed by atoms with Gasteiger partial charge in [0.2, 0.25) is 23.6 Å². The molecule has 0 aliphatic carbocycles. The van der Waals surface area contributed by atoms with Crippen LogP contribution in [0.1, 0.15) is 40.5 Å². The van der Waals surface area contributed by atoms with Crippen molar-refractivity contribution < 1.29 is 34.2 Å². The molecule has 0 saturated heterocycles. The summed E-state index contributed by atoms with van der Waals surface area (Å²) in [6.45, 7) is 6.02. The number of aliphatic hydroxyl groups excluding tert-OH is 1. The third kappa shape index (κ3) is 9.18. The molecule has 0 aromatic rings. The first-order chi connectivity index (χ1) is 13.8. The molecule has 4 unspecified atom stereocenters. The van der Waals surface area contributed by atoms with Crippen LogP contribution in [-0.2, 0) is 24.0 Å². The van der Waals surface area contributed by atoms with E-state index in [4.69, 9.17) is 16.6 Å². The van der Waals surface area contributed by atoms with Gasteiger partial charge in [-0.3, -0.25) is 19.2 Å². The molecule has 30 heavy (non-hydrogen) atoms. The highest BCUT2D eigenvalue weighted by Gasteiger charge is 2.31. The molecule has 12 nitrogen and oxygen atoms in total. The molecule has 0 radical (unpaired) electrons. The van der Waals surface area contributed by atoms with Crippen LogP contribution >= 0.6 is 0 Å².